The molecule has 3 aromatic carbocycles. The lowest BCUT2D eigenvalue weighted by Crippen LogP contribution is -2.49. The molecule has 1 aliphatic carbocycles. The Labute approximate surface area is 421 Å². The predicted octanol–water partition coefficient (Wildman–Crippen LogP) is 8.09. The van der Waals surface area contributed by atoms with Crippen LogP contribution in [0.3, 0.4) is 0 Å². The van der Waals surface area contributed by atoms with E-state index >= 15 is 8.78 Å². The number of hydrogen-bond acceptors (Lipinski definition) is 12. The van der Waals surface area contributed by atoms with Crippen molar-refractivity contribution in [3.8, 4) is 35.4 Å². The summed E-state index contributed by atoms with van der Waals surface area (Å²) in [4.78, 5) is 59.2. The summed E-state index contributed by atoms with van der Waals surface area (Å²) in [5, 5.41) is 25.4. The number of nitrogens with one attached hydrogen (secondary N) is 1. The second-order valence-electron chi connectivity index (χ2n) is 20.7. The largest absolute Gasteiger partial charge is 0.508 e. The highest BCUT2D eigenvalue weighted by Gasteiger charge is 2.45. The molecule has 72 heavy (non-hydrogen) atoms. The van der Waals surface area contributed by atoms with Crippen LogP contribution >= 0.6 is 11.6 Å². The number of aliphatic hydroxyl groups is 1. The number of β-amino-alcohol motifs (C(OH)–C–C–N with tert-alkyl or cyclic N) is 1. The number of anilines is 2. The number of nitrogens with zero attached hydrogens (tertiary/aromatic N) is 7. The zero-order valence-corrected chi connectivity index (χ0v) is 41.2. The summed E-state index contributed by atoms with van der Waals surface area (Å²) in [6, 6.07) is 9.83. The number of phenols is 1. The highest BCUT2D eigenvalue weighted by molar-refractivity contribution is 6.34. The molecule has 4 saturated heterocycles. The number of piperidine rings is 3. The third-order valence-electron chi connectivity index (χ3n) is 15.3. The Hall–Kier alpha value is -6.19. The molecule has 10 rings (SSSR count). The molecule has 15 nitrogen and oxygen atoms in total. The van der Waals surface area contributed by atoms with E-state index in [2.05, 4.69) is 26.1 Å². The molecular formula is C54H59ClF2N8O7. The van der Waals surface area contributed by atoms with Gasteiger partial charge in [0, 0.05) is 87.0 Å². The van der Waals surface area contributed by atoms with Crippen LogP contribution in [0.15, 0.2) is 48.7 Å². The Morgan fingerprint density at radius 3 is 2.50 bits per heavy atom. The molecule has 18 heteroatoms. The zero-order chi connectivity index (χ0) is 50.3. The van der Waals surface area contributed by atoms with Gasteiger partial charge in [0.25, 0.3) is 5.91 Å². The first-order valence-corrected chi connectivity index (χ1v) is 25.4. The Bertz CT molecular complexity index is 2970. The molecular weight excluding hydrogens is 946 g/mol. The van der Waals surface area contributed by atoms with Crippen LogP contribution in [-0.2, 0) is 9.53 Å². The van der Waals surface area contributed by atoms with Gasteiger partial charge in [-0.1, -0.05) is 23.6 Å². The number of halogens is 3. The standard InChI is InChI=1S/C54H59ClF2N8O7/c1-3-38-42(56)8-6-35-25-37(66)27-39(45(35)38)47-46(57)48-40(28-58-47)49(64-18-4-15-53(2,70)30-64)61-51(60-48)72-32-54(16-17-54)31-62-19-9-33(10-20-62)14-24-71-29-34-11-21-63(22-12-34)50(68)36-5-7-41(55)43(26-36)65-23-13-44(67)59-52(65)69/h1,5-8,25-28,33-34,66,70H,4,9-24,29-32H2,2H3,(H,59,67,69)/t53-/m1/s1. The first kappa shape index (κ1) is 49.4. The lowest BCUT2D eigenvalue weighted by molar-refractivity contribution is -0.120. The highest BCUT2D eigenvalue weighted by Crippen LogP contribution is 2.47. The van der Waals surface area contributed by atoms with Crippen LogP contribution in [0.1, 0.15) is 87.1 Å². The summed E-state index contributed by atoms with van der Waals surface area (Å²) in [5.41, 5.74) is -0.380. The Morgan fingerprint density at radius 2 is 1.76 bits per heavy atom. The minimum absolute atomic E-state index is 0.0116. The van der Waals surface area contributed by atoms with Crippen molar-refractivity contribution in [1.29, 1.82) is 0 Å². The molecule has 5 fully saturated rings. The van der Waals surface area contributed by atoms with Gasteiger partial charge in [-0.15, -0.1) is 6.42 Å². The number of phenolic OH excluding ortho intramolecular Hbond substituents is 1. The first-order chi connectivity index (χ1) is 34.7. The van der Waals surface area contributed by atoms with Crippen LogP contribution in [0, 0.1) is 41.2 Å². The van der Waals surface area contributed by atoms with E-state index in [1.807, 2.05) is 9.80 Å². The lowest BCUT2D eigenvalue weighted by Gasteiger charge is -2.38. The quantitative estimate of drug-likeness (QED) is 0.0722. The number of benzene rings is 3. The van der Waals surface area contributed by atoms with E-state index in [0.717, 1.165) is 64.6 Å². The van der Waals surface area contributed by atoms with E-state index < -0.39 is 23.3 Å². The molecule has 4 amide bonds. The normalized spacial score (nSPS) is 21.0. The van der Waals surface area contributed by atoms with E-state index in [4.69, 9.17) is 32.5 Å². The monoisotopic (exact) mass is 1000 g/mol. The second kappa shape index (κ2) is 20.4. The topological polar surface area (TPSA) is 174 Å². The van der Waals surface area contributed by atoms with Crippen molar-refractivity contribution in [2.24, 2.45) is 17.3 Å². The number of hydrogen-bond donors (Lipinski definition) is 3. The van der Waals surface area contributed by atoms with Gasteiger partial charge in [0.15, 0.2) is 5.82 Å². The van der Waals surface area contributed by atoms with E-state index in [0.29, 0.717) is 97.0 Å². The highest BCUT2D eigenvalue weighted by atomic mass is 35.5. The fraction of sp³-hybridized carbons (Fsp3) is 0.481. The van der Waals surface area contributed by atoms with Gasteiger partial charge in [-0.05, 0) is 131 Å². The molecule has 0 bridgehead atoms. The van der Waals surface area contributed by atoms with Gasteiger partial charge in [-0.3, -0.25) is 24.8 Å². The third-order valence-corrected chi connectivity index (χ3v) is 15.6. The van der Waals surface area contributed by atoms with E-state index in [-0.39, 0.29) is 76.2 Å². The minimum Gasteiger partial charge on any atom is -0.508 e. The van der Waals surface area contributed by atoms with Crippen LogP contribution in [-0.4, -0.2) is 131 Å². The van der Waals surface area contributed by atoms with Crippen molar-refractivity contribution >= 4 is 62.6 Å². The Morgan fingerprint density at radius 1 is 0.986 bits per heavy atom. The van der Waals surface area contributed by atoms with Crippen molar-refractivity contribution in [2.45, 2.75) is 76.7 Å². The van der Waals surface area contributed by atoms with Gasteiger partial charge < -0.3 is 34.4 Å². The number of carbonyl (C=O) groups excluding carboxylic acids is 3. The molecule has 5 aromatic rings. The SMILES string of the molecule is C#Cc1c(F)ccc2cc(O)cc(-c3ncc4c(N5CCC[C@@](C)(O)C5)nc(OCC5(CN6CCC(CCOCC7CCN(C(=O)c8ccc(Cl)c(N9CCC(=O)NC9=O)c8)CC7)CC6)CC5)nc4c3F)c12. The summed E-state index contributed by atoms with van der Waals surface area (Å²) in [6.45, 7) is 8.56. The van der Waals surface area contributed by atoms with E-state index in [1.165, 1.54) is 35.4 Å². The average molecular weight is 1010 g/mol. The number of fused-ring (bicyclic) bond motifs is 2. The molecule has 378 valence electrons. The number of carbonyl (C=O) groups is 3. The smallest absolute Gasteiger partial charge is 0.328 e. The van der Waals surface area contributed by atoms with E-state index in [9.17, 15) is 24.6 Å². The van der Waals surface area contributed by atoms with Crippen LogP contribution in [0.5, 0.6) is 11.8 Å². The van der Waals surface area contributed by atoms with Gasteiger partial charge in [-0.25, -0.2) is 13.6 Å². The fourth-order valence-electron chi connectivity index (χ4n) is 11.0. The first-order valence-electron chi connectivity index (χ1n) is 25.1. The number of rotatable bonds is 14. The molecule has 3 N–H and O–H groups in total. The third kappa shape index (κ3) is 10.5. The van der Waals surface area contributed by atoms with Crippen molar-refractivity contribution in [3.05, 3.63) is 76.4 Å². The lowest BCUT2D eigenvalue weighted by atomic mass is 9.93. The zero-order valence-electron chi connectivity index (χ0n) is 40.4. The second-order valence-corrected chi connectivity index (χ2v) is 21.1. The molecule has 5 aliphatic rings. The number of aromatic hydroxyl groups is 1. The van der Waals surface area contributed by atoms with Gasteiger partial charge in [0.2, 0.25) is 5.91 Å². The summed E-state index contributed by atoms with van der Waals surface area (Å²) in [6.07, 6.45) is 15.5. The average Bonchev–Trinajstić information content (AvgIpc) is 4.14. The Balaban J connectivity index is 0.722. The molecule has 4 aliphatic heterocycles. The fourth-order valence-corrected chi connectivity index (χ4v) is 11.2. The van der Waals surface area contributed by atoms with E-state index in [1.54, 1.807) is 25.1 Å². The molecule has 2 aromatic heterocycles. The van der Waals surface area contributed by atoms with Crippen molar-refractivity contribution in [1.82, 2.24) is 30.1 Å². The number of pyridine rings is 1. The summed E-state index contributed by atoms with van der Waals surface area (Å²) in [5.74, 6) is 1.65. The van der Waals surface area contributed by atoms with Gasteiger partial charge in [-0.2, -0.15) is 9.97 Å². The number of ether oxygens (including phenoxy) is 2. The summed E-state index contributed by atoms with van der Waals surface area (Å²) < 4.78 is 44.7. The van der Waals surface area contributed by atoms with Crippen LogP contribution < -0.4 is 19.9 Å². The summed E-state index contributed by atoms with van der Waals surface area (Å²) in [7, 11) is 0. The maximum atomic E-state index is 17.1. The van der Waals surface area contributed by atoms with Crippen molar-refractivity contribution < 1.29 is 42.9 Å². The summed E-state index contributed by atoms with van der Waals surface area (Å²) >= 11 is 6.41. The molecule has 1 saturated carbocycles. The van der Waals surface area contributed by atoms with Crippen molar-refractivity contribution in [2.75, 3.05) is 82.0 Å². The number of terminal acetylenes is 1. The Kier molecular flexibility index (Phi) is 14.0. The van der Waals surface area contributed by atoms with Crippen LogP contribution in [0.25, 0.3) is 32.9 Å². The van der Waals surface area contributed by atoms with Gasteiger partial charge in [0.1, 0.15) is 28.6 Å². The molecule has 0 unspecified atom stereocenters. The van der Waals surface area contributed by atoms with Crippen LogP contribution in [0.2, 0.25) is 5.02 Å². The van der Waals surface area contributed by atoms with Crippen LogP contribution in [0.4, 0.5) is 25.1 Å². The molecule has 0 spiro atoms. The predicted molar refractivity (Wildman–Crippen MR) is 269 cm³/mol. The maximum absolute atomic E-state index is 17.1. The van der Waals surface area contributed by atoms with Gasteiger partial charge in [0.05, 0.1) is 33.9 Å². The number of amides is 4. The number of likely N-dealkylation sites (tertiary alicyclic amines) is 2. The van der Waals surface area contributed by atoms with Crippen molar-refractivity contribution in [3.63, 3.8) is 0 Å². The number of imide groups is 1. The minimum atomic E-state index is -0.990. The number of urea groups is 1. The maximum Gasteiger partial charge on any atom is 0.328 e. The van der Waals surface area contributed by atoms with Gasteiger partial charge >= 0.3 is 12.0 Å². The molecule has 6 heterocycles. The molecule has 1 atom stereocenters. The number of aromatic nitrogens is 3. The molecule has 0 radical (unpaired) electrons.